The van der Waals surface area contributed by atoms with Crippen LogP contribution in [0.2, 0.25) is 0 Å². The van der Waals surface area contributed by atoms with Crippen LogP contribution in [-0.4, -0.2) is 55.0 Å². The molecule has 2 rings (SSSR count). The Morgan fingerprint density at radius 2 is 2.16 bits per heavy atom. The first-order valence-electron chi connectivity index (χ1n) is 5.30. The SMILES string of the molecule is O=c1nc(NO)c(Br)cn1[C@@H]1O[C@H](CO)C(O)C1O. The largest absolute Gasteiger partial charge is 0.394 e. The number of nitrogens with zero attached hydrogens (tertiary/aromatic N) is 2. The maximum atomic E-state index is 11.7. The smallest absolute Gasteiger partial charge is 0.351 e. The molecule has 5 N–H and O–H groups in total. The lowest BCUT2D eigenvalue weighted by atomic mass is 10.1. The minimum absolute atomic E-state index is 0.0898. The molecule has 0 spiro atoms. The van der Waals surface area contributed by atoms with E-state index in [1.54, 1.807) is 5.48 Å². The van der Waals surface area contributed by atoms with Crippen LogP contribution in [0.1, 0.15) is 6.23 Å². The second-order valence-electron chi connectivity index (χ2n) is 3.97. The lowest BCUT2D eigenvalue weighted by molar-refractivity contribution is -0.0550. The van der Waals surface area contributed by atoms with Gasteiger partial charge < -0.3 is 20.1 Å². The van der Waals surface area contributed by atoms with E-state index < -0.39 is 36.8 Å². The summed E-state index contributed by atoms with van der Waals surface area (Å²) in [7, 11) is 0. The van der Waals surface area contributed by atoms with Crippen molar-refractivity contribution < 1.29 is 25.3 Å². The van der Waals surface area contributed by atoms with Crippen molar-refractivity contribution in [3.63, 3.8) is 0 Å². The number of aliphatic hydroxyl groups is 3. The fourth-order valence-corrected chi connectivity index (χ4v) is 2.21. The zero-order valence-electron chi connectivity index (χ0n) is 9.47. The molecule has 1 aromatic heterocycles. The molecule has 4 atom stereocenters. The van der Waals surface area contributed by atoms with Gasteiger partial charge in [-0.25, -0.2) is 4.79 Å². The average molecular weight is 338 g/mol. The summed E-state index contributed by atoms with van der Waals surface area (Å²) in [5.74, 6) is -0.0898. The summed E-state index contributed by atoms with van der Waals surface area (Å²) in [6.45, 7) is -0.492. The standard InChI is InChI=1S/C9H12BrN3O6/c10-3-1-13(9(17)11-7(3)12-18)8-6(16)5(15)4(2-14)19-8/h1,4-6,8,14-16,18H,2H2,(H,11,12,17)/t4-,5?,6?,8-/m1/s1. The van der Waals surface area contributed by atoms with Gasteiger partial charge in [-0.05, 0) is 15.9 Å². The van der Waals surface area contributed by atoms with E-state index in [1.165, 1.54) is 6.20 Å². The lowest BCUT2D eigenvalue weighted by Crippen LogP contribution is -2.36. The van der Waals surface area contributed by atoms with Gasteiger partial charge in [-0.15, -0.1) is 0 Å². The van der Waals surface area contributed by atoms with Crippen LogP contribution in [0.15, 0.2) is 15.5 Å². The Morgan fingerprint density at radius 1 is 1.47 bits per heavy atom. The number of ether oxygens (including phenoxy) is 1. The Kier molecular flexibility index (Phi) is 4.18. The molecule has 19 heavy (non-hydrogen) atoms. The molecule has 0 aliphatic carbocycles. The van der Waals surface area contributed by atoms with Gasteiger partial charge in [-0.1, -0.05) is 0 Å². The number of hydrogen-bond acceptors (Lipinski definition) is 8. The van der Waals surface area contributed by atoms with E-state index in [1.807, 2.05) is 0 Å². The monoisotopic (exact) mass is 337 g/mol. The van der Waals surface area contributed by atoms with Gasteiger partial charge in [0.1, 0.15) is 18.3 Å². The van der Waals surface area contributed by atoms with Crippen LogP contribution >= 0.6 is 15.9 Å². The van der Waals surface area contributed by atoms with E-state index in [4.69, 9.17) is 15.1 Å². The molecule has 0 bridgehead atoms. The Morgan fingerprint density at radius 3 is 2.68 bits per heavy atom. The number of halogens is 1. The maximum Gasteiger partial charge on any atom is 0.351 e. The van der Waals surface area contributed by atoms with Crippen molar-refractivity contribution in [1.29, 1.82) is 0 Å². The Balaban J connectivity index is 2.38. The minimum Gasteiger partial charge on any atom is -0.394 e. The Labute approximate surface area is 115 Å². The van der Waals surface area contributed by atoms with Crippen molar-refractivity contribution in [2.45, 2.75) is 24.5 Å². The molecule has 9 nitrogen and oxygen atoms in total. The summed E-state index contributed by atoms with van der Waals surface area (Å²) in [6.07, 6.45) is -3.60. The molecule has 1 fully saturated rings. The molecule has 0 radical (unpaired) electrons. The molecule has 1 aromatic rings. The van der Waals surface area contributed by atoms with Gasteiger partial charge in [-0.2, -0.15) is 4.98 Å². The predicted molar refractivity (Wildman–Crippen MR) is 64.6 cm³/mol. The van der Waals surface area contributed by atoms with Crippen molar-refractivity contribution in [1.82, 2.24) is 9.55 Å². The summed E-state index contributed by atoms with van der Waals surface area (Å²) in [5.41, 5.74) is 0.933. The normalized spacial score (nSPS) is 30.6. The highest BCUT2D eigenvalue weighted by atomic mass is 79.9. The van der Waals surface area contributed by atoms with Gasteiger partial charge in [0.25, 0.3) is 0 Å². The van der Waals surface area contributed by atoms with Crippen molar-refractivity contribution >= 4 is 21.7 Å². The summed E-state index contributed by atoms with van der Waals surface area (Å²) < 4.78 is 6.41. The fourth-order valence-electron chi connectivity index (χ4n) is 1.82. The third kappa shape index (κ3) is 2.50. The predicted octanol–water partition coefficient (Wildman–Crippen LogP) is -1.58. The third-order valence-electron chi connectivity index (χ3n) is 2.80. The zero-order chi connectivity index (χ0) is 14.2. The number of aromatic nitrogens is 2. The third-order valence-corrected chi connectivity index (χ3v) is 3.38. The zero-order valence-corrected chi connectivity index (χ0v) is 11.1. The first-order valence-corrected chi connectivity index (χ1v) is 6.10. The van der Waals surface area contributed by atoms with Gasteiger partial charge in [0, 0.05) is 6.20 Å². The van der Waals surface area contributed by atoms with Crippen molar-refractivity contribution in [2.75, 3.05) is 12.1 Å². The van der Waals surface area contributed by atoms with Crippen molar-refractivity contribution in [3.05, 3.63) is 21.2 Å². The molecule has 0 amide bonds. The van der Waals surface area contributed by atoms with E-state index in [0.29, 0.717) is 0 Å². The fraction of sp³-hybridized carbons (Fsp3) is 0.556. The van der Waals surface area contributed by atoms with E-state index in [9.17, 15) is 15.0 Å². The van der Waals surface area contributed by atoms with Crippen LogP contribution in [-0.2, 0) is 4.74 Å². The summed E-state index contributed by atoms with van der Waals surface area (Å²) >= 11 is 3.06. The molecule has 1 aliphatic rings. The number of aliphatic hydroxyl groups excluding tert-OH is 3. The molecule has 1 aliphatic heterocycles. The Hall–Kier alpha value is -1.04. The number of nitrogens with one attached hydrogen (secondary N) is 1. The van der Waals surface area contributed by atoms with Crippen LogP contribution in [0.5, 0.6) is 0 Å². The molecule has 1 saturated heterocycles. The van der Waals surface area contributed by atoms with Crippen LogP contribution in [0.3, 0.4) is 0 Å². The number of hydrogen-bond donors (Lipinski definition) is 5. The van der Waals surface area contributed by atoms with E-state index in [2.05, 4.69) is 20.9 Å². The van der Waals surface area contributed by atoms with Gasteiger partial charge in [0.05, 0.1) is 11.1 Å². The molecule has 10 heteroatoms. The van der Waals surface area contributed by atoms with Crippen molar-refractivity contribution in [2.24, 2.45) is 0 Å². The molecular formula is C9H12BrN3O6. The summed E-state index contributed by atoms with van der Waals surface area (Å²) in [6, 6.07) is 0. The van der Waals surface area contributed by atoms with Gasteiger partial charge in [0.2, 0.25) is 0 Å². The van der Waals surface area contributed by atoms with Crippen LogP contribution in [0.4, 0.5) is 5.82 Å². The minimum atomic E-state index is -1.38. The van der Waals surface area contributed by atoms with E-state index >= 15 is 0 Å². The van der Waals surface area contributed by atoms with Crippen LogP contribution in [0.25, 0.3) is 0 Å². The number of anilines is 1. The average Bonchev–Trinajstić information content (AvgIpc) is 2.68. The highest BCUT2D eigenvalue weighted by Gasteiger charge is 2.43. The van der Waals surface area contributed by atoms with Crippen LogP contribution < -0.4 is 11.2 Å². The van der Waals surface area contributed by atoms with Crippen molar-refractivity contribution in [3.8, 4) is 0 Å². The van der Waals surface area contributed by atoms with E-state index in [0.717, 1.165) is 4.57 Å². The molecular weight excluding hydrogens is 326 g/mol. The summed E-state index contributed by atoms with van der Waals surface area (Å²) in [4.78, 5) is 15.2. The number of rotatable bonds is 3. The molecule has 0 aromatic carbocycles. The maximum absolute atomic E-state index is 11.7. The first-order chi connectivity index (χ1) is 8.99. The summed E-state index contributed by atoms with van der Waals surface area (Å²) in [5, 5.41) is 37.1. The second kappa shape index (κ2) is 5.53. The highest BCUT2D eigenvalue weighted by Crippen LogP contribution is 2.29. The first kappa shape index (κ1) is 14.4. The quantitative estimate of drug-likeness (QED) is 0.417. The molecule has 0 saturated carbocycles. The van der Waals surface area contributed by atoms with Gasteiger partial charge in [0.15, 0.2) is 12.0 Å². The van der Waals surface area contributed by atoms with Crippen LogP contribution in [0, 0.1) is 0 Å². The van der Waals surface area contributed by atoms with E-state index in [-0.39, 0.29) is 10.3 Å². The molecule has 106 valence electrons. The lowest BCUT2D eigenvalue weighted by Gasteiger charge is -2.17. The second-order valence-corrected chi connectivity index (χ2v) is 4.82. The molecule has 2 heterocycles. The molecule has 2 unspecified atom stereocenters. The Bertz CT molecular complexity index is 523. The topological polar surface area (TPSA) is 137 Å². The van der Waals surface area contributed by atoms with Gasteiger partial charge in [-0.3, -0.25) is 15.3 Å². The van der Waals surface area contributed by atoms with Gasteiger partial charge >= 0.3 is 5.69 Å². The highest BCUT2D eigenvalue weighted by molar-refractivity contribution is 9.10.